The summed E-state index contributed by atoms with van der Waals surface area (Å²) in [5, 5.41) is 14.7. The molecule has 0 saturated heterocycles. The summed E-state index contributed by atoms with van der Waals surface area (Å²) >= 11 is 0. The molecule has 3 N–H and O–H groups in total. The van der Waals surface area contributed by atoms with E-state index in [0.717, 1.165) is 32.1 Å². The van der Waals surface area contributed by atoms with E-state index in [9.17, 15) is 19.1 Å². The van der Waals surface area contributed by atoms with Gasteiger partial charge in [0.15, 0.2) is 0 Å². The van der Waals surface area contributed by atoms with Gasteiger partial charge in [-0.3, -0.25) is 9.59 Å². The van der Waals surface area contributed by atoms with Crippen molar-refractivity contribution in [3.05, 3.63) is 24.0 Å². The van der Waals surface area contributed by atoms with Crippen LogP contribution in [0.1, 0.15) is 46.0 Å². The van der Waals surface area contributed by atoms with Crippen LogP contribution in [0.2, 0.25) is 0 Å². The van der Waals surface area contributed by atoms with E-state index in [1.807, 2.05) is 0 Å². The van der Waals surface area contributed by atoms with Crippen LogP contribution in [0.4, 0.5) is 15.8 Å². The predicted molar refractivity (Wildman–Crippen MR) is 86.5 cm³/mol. The van der Waals surface area contributed by atoms with Crippen LogP contribution >= 0.6 is 0 Å². The van der Waals surface area contributed by atoms with Gasteiger partial charge in [0.25, 0.3) is 5.91 Å². The summed E-state index contributed by atoms with van der Waals surface area (Å²) in [5.41, 5.74) is -1.19. The third-order valence-electron chi connectivity index (χ3n) is 4.01. The average molecular weight is 322 g/mol. The normalized spacial score (nSPS) is 16.0. The van der Waals surface area contributed by atoms with Gasteiger partial charge in [0.05, 0.1) is 5.69 Å². The van der Waals surface area contributed by atoms with E-state index in [1.54, 1.807) is 0 Å². The second-order valence-corrected chi connectivity index (χ2v) is 6.53. The molecule has 6 heteroatoms. The number of hydrogen-bond acceptors (Lipinski definition) is 3. The number of anilines is 2. The first-order chi connectivity index (χ1) is 10.8. The number of hydrogen-bond donors (Lipinski definition) is 3. The van der Waals surface area contributed by atoms with E-state index in [1.165, 1.54) is 32.0 Å². The maximum Gasteiger partial charge on any atom is 0.255 e. The maximum absolute atomic E-state index is 13.9. The molecule has 5 nitrogen and oxygen atoms in total. The number of carbonyl (C=O) groups is 2. The van der Waals surface area contributed by atoms with Crippen molar-refractivity contribution >= 4 is 23.2 Å². The molecular weight excluding hydrogens is 299 g/mol. The zero-order valence-electron chi connectivity index (χ0n) is 13.5. The Bertz CT molecular complexity index is 590. The van der Waals surface area contributed by atoms with Gasteiger partial charge in [-0.15, -0.1) is 0 Å². The Morgan fingerprint density at radius 1 is 1.17 bits per heavy atom. The highest BCUT2D eigenvalue weighted by Gasteiger charge is 2.25. The summed E-state index contributed by atoms with van der Waals surface area (Å²) in [6, 6.07) is 3.92. The maximum atomic E-state index is 13.9. The number of carbonyl (C=O) groups excluding carboxylic acids is 2. The van der Waals surface area contributed by atoms with Gasteiger partial charge in [0, 0.05) is 11.6 Å². The number of rotatable bonds is 4. The molecule has 2 rings (SSSR count). The molecule has 1 fully saturated rings. The van der Waals surface area contributed by atoms with Crippen LogP contribution in [0.25, 0.3) is 0 Å². The van der Waals surface area contributed by atoms with Crippen molar-refractivity contribution in [1.82, 2.24) is 0 Å². The third kappa shape index (κ3) is 4.76. The first kappa shape index (κ1) is 17.4. The third-order valence-corrected chi connectivity index (χ3v) is 4.01. The Hall–Kier alpha value is -1.95. The van der Waals surface area contributed by atoms with Crippen LogP contribution in [-0.2, 0) is 9.59 Å². The summed E-state index contributed by atoms with van der Waals surface area (Å²) < 4.78 is 13.9. The number of aliphatic hydroxyl groups is 1. The molecule has 1 saturated carbocycles. The van der Waals surface area contributed by atoms with Crippen LogP contribution in [0.5, 0.6) is 0 Å². The van der Waals surface area contributed by atoms with Gasteiger partial charge in [0.2, 0.25) is 5.91 Å². The smallest absolute Gasteiger partial charge is 0.255 e. The Kier molecular flexibility index (Phi) is 5.36. The van der Waals surface area contributed by atoms with Crippen LogP contribution < -0.4 is 10.6 Å². The SMILES string of the molecule is CC(C)(O)C(=O)Nc1ccc(F)c(NC(=O)C2CCCCC2)c1. The highest BCUT2D eigenvalue weighted by atomic mass is 19.1. The summed E-state index contributed by atoms with van der Waals surface area (Å²) in [4.78, 5) is 24.0. The fourth-order valence-corrected chi connectivity index (χ4v) is 2.58. The van der Waals surface area contributed by atoms with Crippen LogP contribution in [0.3, 0.4) is 0 Å². The Labute approximate surface area is 135 Å². The minimum atomic E-state index is -1.54. The molecule has 126 valence electrons. The highest BCUT2D eigenvalue weighted by Crippen LogP contribution is 2.26. The molecule has 0 atom stereocenters. The van der Waals surface area contributed by atoms with E-state index in [2.05, 4.69) is 10.6 Å². The molecule has 0 spiro atoms. The molecule has 0 bridgehead atoms. The van der Waals surface area contributed by atoms with Gasteiger partial charge in [-0.05, 0) is 44.9 Å². The molecule has 0 heterocycles. The van der Waals surface area contributed by atoms with Crippen molar-refractivity contribution < 1.29 is 19.1 Å². The standard InChI is InChI=1S/C17H23FN2O3/c1-17(2,23)16(22)19-12-8-9-13(18)14(10-12)20-15(21)11-6-4-3-5-7-11/h8-11,23H,3-7H2,1-2H3,(H,19,22)(H,20,21). The van der Waals surface area contributed by atoms with Gasteiger partial charge in [0.1, 0.15) is 11.4 Å². The van der Waals surface area contributed by atoms with Gasteiger partial charge >= 0.3 is 0 Å². The first-order valence-electron chi connectivity index (χ1n) is 7.91. The molecule has 1 aliphatic carbocycles. The Morgan fingerprint density at radius 2 is 1.83 bits per heavy atom. The number of halogens is 1. The summed E-state index contributed by atoms with van der Waals surface area (Å²) in [6.45, 7) is 2.72. The van der Waals surface area contributed by atoms with E-state index in [0.29, 0.717) is 5.69 Å². The minimum absolute atomic E-state index is 0.0362. The molecule has 1 aromatic carbocycles. The fraction of sp³-hybridized carbons (Fsp3) is 0.529. The van der Waals surface area contributed by atoms with Crippen molar-refractivity contribution in [2.24, 2.45) is 5.92 Å². The molecule has 0 aromatic heterocycles. The molecule has 0 unspecified atom stereocenters. The lowest BCUT2D eigenvalue weighted by Crippen LogP contribution is -2.36. The monoisotopic (exact) mass is 322 g/mol. The molecule has 0 aliphatic heterocycles. The van der Waals surface area contributed by atoms with Crippen molar-refractivity contribution in [1.29, 1.82) is 0 Å². The number of nitrogens with one attached hydrogen (secondary N) is 2. The van der Waals surface area contributed by atoms with Gasteiger partial charge in [-0.2, -0.15) is 0 Å². The van der Waals surface area contributed by atoms with Crippen molar-refractivity contribution in [3.63, 3.8) is 0 Å². The number of benzene rings is 1. The largest absolute Gasteiger partial charge is 0.381 e. The molecule has 1 aromatic rings. The van der Waals surface area contributed by atoms with E-state index >= 15 is 0 Å². The minimum Gasteiger partial charge on any atom is -0.381 e. The summed E-state index contributed by atoms with van der Waals surface area (Å²) in [7, 11) is 0. The van der Waals surface area contributed by atoms with Gasteiger partial charge in [-0.1, -0.05) is 19.3 Å². The summed E-state index contributed by atoms with van der Waals surface area (Å²) in [5.74, 6) is -1.43. The lowest BCUT2D eigenvalue weighted by Gasteiger charge is -2.21. The summed E-state index contributed by atoms with van der Waals surface area (Å²) in [6.07, 6.45) is 4.81. The van der Waals surface area contributed by atoms with E-state index in [-0.39, 0.29) is 17.5 Å². The van der Waals surface area contributed by atoms with Gasteiger partial charge < -0.3 is 15.7 Å². The number of amides is 2. The van der Waals surface area contributed by atoms with Crippen molar-refractivity contribution in [3.8, 4) is 0 Å². The highest BCUT2D eigenvalue weighted by molar-refractivity contribution is 5.98. The molecule has 23 heavy (non-hydrogen) atoms. The van der Waals surface area contributed by atoms with Crippen molar-refractivity contribution in [2.45, 2.75) is 51.6 Å². The molecule has 2 amide bonds. The lowest BCUT2D eigenvalue weighted by molar-refractivity contribution is -0.130. The molecular formula is C17H23FN2O3. The molecule has 0 radical (unpaired) electrons. The van der Waals surface area contributed by atoms with E-state index in [4.69, 9.17) is 0 Å². The van der Waals surface area contributed by atoms with E-state index < -0.39 is 17.3 Å². The Balaban J connectivity index is 2.08. The van der Waals surface area contributed by atoms with Gasteiger partial charge in [-0.25, -0.2) is 4.39 Å². The fourth-order valence-electron chi connectivity index (χ4n) is 2.58. The second kappa shape index (κ2) is 7.08. The lowest BCUT2D eigenvalue weighted by atomic mass is 9.88. The molecule has 1 aliphatic rings. The van der Waals surface area contributed by atoms with Crippen LogP contribution in [0, 0.1) is 11.7 Å². The quantitative estimate of drug-likeness (QED) is 0.797. The zero-order chi connectivity index (χ0) is 17.0. The van der Waals surface area contributed by atoms with Crippen LogP contribution in [0.15, 0.2) is 18.2 Å². The van der Waals surface area contributed by atoms with Crippen molar-refractivity contribution in [2.75, 3.05) is 10.6 Å². The van der Waals surface area contributed by atoms with Crippen LogP contribution in [-0.4, -0.2) is 22.5 Å². The Morgan fingerprint density at radius 3 is 2.43 bits per heavy atom. The average Bonchev–Trinajstić information content (AvgIpc) is 2.50. The zero-order valence-corrected chi connectivity index (χ0v) is 13.5. The predicted octanol–water partition coefficient (Wildman–Crippen LogP) is 3.05. The topological polar surface area (TPSA) is 78.4 Å². The second-order valence-electron chi connectivity index (χ2n) is 6.53. The first-order valence-corrected chi connectivity index (χ1v) is 7.91.